The topological polar surface area (TPSA) is 80.5 Å². The van der Waals surface area contributed by atoms with Gasteiger partial charge in [-0.2, -0.15) is 0 Å². The zero-order valence-corrected chi connectivity index (χ0v) is 20.5. The highest BCUT2D eigenvalue weighted by atomic mass is 16.5. The summed E-state index contributed by atoms with van der Waals surface area (Å²) in [6.45, 7) is 2.74. The Labute approximate surface area is 215 Å². The molecule has 2 N–H and O–H groups in total. The molecule has 7 nitrogen and oxygen atoms in total. The normalized spacial score (nSPS) is 12.9. The second-order valence-electron chi connectivity index (χ2n) is 9.08. The summed E-state index contributed by atoms with van der Waals surface area (Å²) in [5, 5.41) is 6.39. The van der Waals surface area contributed by atoms with Gasteiger partial charge >= 0.3 is 0 Å². The number of fused-ring (bicyclic) bond motifs is 1. The lowest BCUT2D eigenvalue weighted by Gasteiger charge is -2.14. The summed E-state index contributed by atoms with van der Waals surface area (Å²) >= 11 is 0. The number of hydrogen-bond acceptors (Lipinski definition) is 5. The van der Waals surface area contributed by atoms with Gasteiger partial charge in [-0.3, -0.25) is 9.20 Å². The lowest BCUT2D eigenvalue weighted by atomic mass is 10.1. The van der Waals surface area contributed by atoms with Crippen LogP contribution in [0.15, 0.2) is 91.3 Å². The summed E-state index contributed by atoms with van der Waals surface area (Å²) < 4.78 is 8.26. The zero-order chi connectivity index (χ0) is 25.2. The molecule has 0 spiro atoms. The predicted molar refractivity (Wildman–Crippen MR) is 145 cm³/mol. The van der Waals surface area contributed by atoms with E-state index in [2.05, 4.69) is 15.6 Å². The Kier molecular flexibility index (Phi) is 6.02. The molecule has 1 aliphatic carbocycles. The van der Waals surface area contributed by atoms with Gasteiger partial charge in [0.2, 0.25) is 0 Å². The summed E-state index contributed by atoms with van der Waals surface area (Å²) in [5.74, 6) is 2.15. The monoisotopic (exact) mass is 489 g/mol. The van der Waals surface area contributed by atoms with E-state index in [1.165, 1.54) is 0 Å². The first-order valence-electron chi connectivity index (χ1n) is 12.5. The number of carbonyl (C=O) groups is 1. The molecule has 0 bridgehead atoms. The number of anilines is 1. The van der Waals surface area contributed by atoms with E-state index in [1.54, 1.807) is 0 Å². The number of rotatable bonds is 8. The van der Waals surface area contributed by atoms with E-state index in [-0.39, 0.29) is 5.91 Å². The molecule has 1 amide bonds. The third kappa shape index (κ3) is 4.76. The summed E-state index contributed by atoms with van der Waals surface area (Å²) in [6, 6.07) is 25.6. The van der Waals surface area contributed by atoms with E-state index in [4.69, 9.17) is 9.72 Å². The minimum absolute atomic E-state index is 0.0249. The first kappa shape index (κ1) is 22.8. The van der Waals surface area contributed by atoms with Crippen LogP contribution in [-0.4, -0.2) is 32.9 Å². The van der Waals surface area contributed by atoms with Crippen molar-refractivity contribution in [3.05, 3.63) is 96.8 Å². The molecule has 0 saturated heterocycles. The molecule has 7 heteroatoms. The van der Waals surface area contributed by atoms with Crippen LogP contribution < -0.4 is 15.4 Å². The first-order valence-corrected chi connectivity index (χ1v) is 12.5. The standard InChI is InChI=1S/C30H27N5O2/c1-2-31-28-29-32-18-26(20-12-14-21(15-13-20)30(36)33-22-16-17-22)35(29)19-25(34-28)24-10-6-7-11-27(24)37-23-8-4-3-5-9-23/h3-15,18-19,22H,2,16-17H2,1H3,(H,31,34)(H,33,36). The molecule has 0 aliphatic heterocycles. The maximum atomic E-state index is 12.4. The van der Waals surface area contributed by atoms with Crippen LogP contribution in [-0.2, 0) is 0 Å². The summed E-state index contributed by atoms with van der Waals surface area (Å²) in [5.41, 5.74) is 4.90. The molecule has 0 unspecified atom stereocenters. The first-order chi connectivity index (χ1) is 18.2. The fourth-order valence-electron chi connectivity index (χ4n) is 4.29. The van der Waals surface area contributed by atoms with Crippen LogP contribution in [0.3, 0.4) is 0 Å². The van der Waals surface area contributed by atoms with Crippen molar-refractivity contribution in [3.8, 4) is 34.0 Å². The molecule has 0 atom stereocenters. The van der Waals surface area contributed by atoms with E-state index in [1.807, 2.05) is 103 Å². The molecule has 5 aromatic rings. The second-order valence-corrected chi connectivity index (χ2v) is 9.08. The highest BCUT2D eigenvalue weighted by Crippen LogP contribution is 2.34. The van der Waals surface area contributed by atoms with Gasteiger partial charge < -0.3 is 15.4 Å². The van der Waals surface area contributed by atoms with Crippen molar-refractivity contribution in [3.63, 3.8) is 0 Å². The van der Waals surface area contributed by atoms with Gasteiger partial charge in [0, 0.05) is 35.5 Å². The number of para-hydroxylation sites is 2. The van der Waals surface area contributed by atoms with E-state index in [9.17, 15) is 4.79 Å². The summed E-state index contributed by atoms with van der Waals surface area (Å²) in [6.07, 6.45) is 5.96. The van der Waals surface area contributed by atoms with Crippen LogP contribution in [0.2, 0.25) is 0 Å². The predicted octanol–water partition coefficient (Wildman–Crippen LogP) is 6.18. The van der Waals surface area contributed by atoms with Crippen LogP contribution >= 0.6 is 0 Å². The number of nitrogens with zero attached hydrogens (tertiary/aromatic N) is 3. The number of amides is 1. The van der Waals surface area contributed by atoms with Gasteiger partial charge in [-0.05, 0) is 56.2 Å². The number of nitrogens with one attached hydrogen (secondary N) is 2. The number of carbonyl (C=O) groups excluding carboxylic acids is 1. The Bertz CT molecular complexity index is 1560. The maximum Gasteiger partial charge on any atom is 0.251 e. The SMILES string of the molecule is CCNc1nc(-c2ccccc2Oc2ccccc2)cn2c(-c3ccc(C(=O)NC4CC4)cc3)cnc12. The van der Waals surface area contributed by atoms with Gasteiger partial charge in [0.1, 0.15) is 11.5 Å². The van der Waals surface area contributed by atoms with Gasteiger partial charge in [-0.1, -0.05) is 42.5 Å². The van der Waals surface area contributed by atoms with Gasteiger partial charge in [-0.25, -0.2) is 9.97 Å². The smallest absolute Gasteiger partial charge is 0.251 e. The average Bonchev–Trinajstić information content (AvgIpc) is 3.64. The van der Waals surface area contributed by atoms with Gasteiger partial charge in [0.05, 0.1) is 17.6 Å². The van der Waals surface area contributed by atoms with Crippen molar-refractivity contribution < 1.29 is 9.53 Å². The Morgan fingerprint density at radius 3 is 2.51 bits per heavy atom. The zero-order valence-electron chi connectivity index (χ0n) is 20.5. The number of ether oxygens (including phenoxy) is 1. The van der Waals surface area contributed by atoms with Crippen LogP contribution in [0, 0.1) is 0 Å². The van der Waals surface area contributed by atoms with Gasteiger partial charge in [0.25, 0.3) is 5.91 Å². The van der Waals surface area contributed by atoms with E-state index >= 15 is 0 Å². The van der Waals surface area contributed by atoms with Crippen molar-refractivity contribution in [2.24, 2.45) is 0 Å². The summed E-state index contributed by atoms with van der Waals surface area (Å²) in [7, 11) is 0. The maximum absolute atomic E-state index is 12.4. The third-order valence-electron chi connectivity index (χ3n) is 6.33. The third-order valence-corrected chi connectivity index (χ3v) is 6.33. The molecular formula is C30H27N5O2. The largest absolute Gasteiger partial charge is 0.457 e. The van der Waals surface area contributed by atoms with Crippen molar-refractivity contribution in [1.29, 1.82) is 0 Å². The number of aromatic nitrogens is 3. The molecule has 184 valence electrons. The van der Waals surface area contributed by atoms with E-state index in [0.717, 1.165) is 52.5 Å². The molecule has 1 aliphatic rings. The van der Waals surface area contributed by atoms with Crippen molar-refractivity contribution in [2.75, 3.05) is 11.9 Å². The molecule has 1 saturated carbocycles. The molecule has 0 radical (unpaired) electrons. The molecule has 1 fully saturated rings. The minimum Gasteiger partial charge on any atom is -0.457 e. The van der Waals surface area contributed by atoms with Gasteiger partial charge in [-0.15, -0.1) is 0 Å². The number of hydrogen-bond donors (Lipinski definition) is 2. The van der Waals surface area contributed by atoms with E-state index in [0.29, 0.717) is 24.0 Å². The second kappa shape index (κ2) is 9.78. The average molecular weight is 490 g/mol. The molecule has 2 aromatic heterocycles. The lowest BCUT2D eigenvalue weighted by molar-refractivity contribution is 0.0951. The van der Waals surface area contributed by atoms with Crippen LogP contribution in [0.1, 0.15) is 30.1 Å². The highest BCUT2D eigenvalue weighted by molar-refractivity contribution is 5.95. The fourth-order valence-corrected chi connectivity index (χ4v) is 4.29. The Hall–Kier alpha value is -4.65. The Morgan fingerprint density at radius 2 is 1.76 bits per heavy atom. The minimum atomic E-state index is -0.0249. The highest BCUT2D eigenvalue weighted by Gasteiger charge is 2.24. The van der Waals surface area contributed by atoms with Crippen molar-refractivity contribution >= 4 is 17.4 Å². The van der Waals surface area contributed by atoms with Crippen LogP contribution in [0.25, 0.3) is 28.2 Å². The van der Waals surface area contributed by atoms with Crippen LogP contribution in [0.4, 0.5) is 5.82 Å². The Morgan fingerprint density at radius 1 is 1.00 bits per heavy atom. The number of benzene rings is 3. The summed E-state index contributed by atoms with van der Waals surface area (Å²) in [4.78, 5) is 22.0. The quantitative estimate of drug-likeness (QED) is 0.272. The molecule has 6 rings (SSSR count). The van der Waals surface area contributed by atoms with E-state index < -0.39 is 0 Å². The molecule has 3 aromatic carbocycles. The van der Waals surface area contributed by atoms with Gasteiger partial charge in [0.15, 0.2) is 11.5 Å². The Balaban J connectivity index is 1.40. The van der Waals surface area contributed by atoms with Crippen LogP contribution in [0.5, 0.6) is 11.5 Å². The molecule has 37 heavy (non-hydrogen) atoms. The van der Waals surface area contributed by atoms with Crippen molar-refractivity contribution in [2.45, 2.75) is 25.8 Å². The fraction of sp³-hybridized carbons (Fsp3) is 0.167. The molecular weight excluding hydrogens is 462 g/mol. The van der Waals surface area contributed by atoms with Crippen molar-refractivity contribution in [1.82, 2.24) is 19.7 Å². The lowest BCUT2D eigenvalue weighted by Crippen LogP contribution is -2.25. The number of imidazole rings is 1. The molecule has 2 heterocycles.